The van der Waals surface area contributed by atoms with Crippen LogP contribution in [0.1, 0.15) is 18.4 Å². The molecule has 0 saturated heterocycles. The summed E-state index contributed by atoms with van der Waals surface area (Å²) >= 11 is 1.96. The van der Waals surface area contributed by atoms with Crippen molar-refractivity contribution in [2.45, 2.75) is 18.6 Å². The fraction of sp³-hybridized carbons (Fsp3) is 0.400. The number of rotatable bonds is 5. The number of nitrogens with zero attached hydrogens (tertiary/aromatic N) is 1. The summed E-state index contributed by atoms with van der Waals surface area (Å²) in [5.74, 6) is 2.31. The number of pyridine rings is 1. The SMILES string of the molecule is [CH2]CCCSCc1ccncc1. The average molecular weight is 180 g/mol. The first-order chi connectivity index (χ1) is 5.93. The van der Waals surface area contributed by atoms with E-state index in [1.807, 2.05) is 24.2 Å². The van der Waals surface area contributed by atoms with Crippen LogP contribution in [0.3, 0.4) is 0 Å². The van der Waals surface area contributed by atoms with Crippen molar-refractivity contribution in [3.05, 3.63) is 37.0 Å². The molecule has 2 heteroatoms. The van der Waals surface area contributed by atoms with Crippen LogP contribution >= 0.6 is 11.8 Å². The van der Waals surface area contributed by atoms with Gasteiger partial charge in [0, 0.05) is 18.1 Å². The van der Waals surface area contributed by atoms with E-state index in [-0.39, 0.29) is 0 Å². The van der Waals surface area contributed by atoms with Crippen molar-refractivity contribution in [1.29, 1.82) is 0 Å². The zero-order valence-electron chi connectivity index (χ0n) is 7.20. The molecule has 12 heavy (non-hydrogen) atoms. The van der Waals surface area contributed by atoms with Gasteiger partial charge in [-0.3, -0.25) is 4.98 Å². The van der Waals surface area contributed by atoms with Gasteiger partial charge < -0.3 is 0 Å². The first-order valence-corrected chi connectivity index (χ1v) is 5.35. The quantitative estimate of drug-likeness (QED) is 0.646. The van der Waals surface area contributed by atoms with Crippen LogP contribution in [-0.4, -0.2) is 10.7 Å². The van der Waals surface area contributed by atoms with Gasteiger partial charge in [-0.1, -0.05) is 13.3 Å². The van der Waals surface area contributed by atoms with E-state index < -0.39 is 0 Å². The molecule has 0 aliphatic carbocycles. The Morgan fingerprint density at radius 2 is 2.08 bits per heavy atom. The third-order valence-electron chi connectivity index (χ3n) is 1.56. The molecule has 1 heterocycles. The van der Waals surface area contributed by atoms with E-state index in [1.54, 1.807) is 0 Å². The van der Waals surface area contributed by atoms with Crippen LogP contribution < -0.4 is 0 Å². The lowest BCUT2D eigenvalue weighted by Crippen LogP contribution is -1.83. The Kier molecular flexibility index (Phi) is 4.85. The average Bonchev–Trinajstić information content (AvgIpc) is 2.14. The third-order valence-corrected chi connectivity index (χ3v) is 2.67. The van der Waals surface area contributed by atoms with Crippen LogP contribution in [0.15, 0.2) is 24.5 Å². The van der Waals surface area contributed by atoms with Crippen LogP contribution in [0.5, 0.6) is 0 Å². The zero-order chi connectivity index (χ0) is 8.65. The normalized spacial score (nSPS) is 10.1. The van der Waals surface area contributed by atoms with Gasteiger partial charge in [-0.15, -0.1) is 0 Å². The van der Waals surface area contributed by atoms with Gasteiger partial charge in [-0.2, -0.15) is 11.8 Å². The summed E-state index contributed by atoms with van der Waals surface area (Å²) in [6.45, 7) is 3.81. The molecule has 0 aliphatic heterocycles. The second-order valence-corrected chi connectivity index (χ2v) is 3.72. The van der Waals surface area contributed by atoms with E-state index in [0.29, 0.717) is 0 Å². The van der Waals surface area contributed by atoms with Crippen molar-refractivity contribution in [3.63, 3.8) is 0 Å². The number of aromatic nitrogens is 1. The Hall–Kier alpha value is -0.500. The minimum Gasteiger partial charge on any atom is -0.265 e. The second kappa shape index (κ2) is 6.06. The fourth-order valence-electron chi connectivity index (χ4n) is 0.873. The van der Waals surface area contributed by atoms with E-state index in [2.05, 4.69) is 24.0 Å². The highest BCUT2D eigenvalue weighted by Gasteiger charge is 1.91. The van der Waals surface area contributed by atoms with Gasteiger partial charge in [0.05, 0.1) is 0 Å². The van der Waals surface area contributed by atoms with Crippen LogP contribution in [0.2, 0.25) is 0 Å². The van der Waals surface area contributed by atoms with Crippen LogP contribution in [0.4, 0.5) is 0 Å². The number of thioether (sulfide) groups is 1. The smallest absolute Gasteiger partial charge is 0.0270 e. The molecular weight excluding hydrogens is 166 g/mol. The number of unbranched alkanes of at least 4 members (excludes halogenated alkanes) is 1. The summed E-state index contributed by atoms with van der Waals surface area (Å²) in [7, 11) is 0. The van der Waals surface area contributed by atoms with E-state index in [4.69, 9.17) is 0 Å². The van der Waals surface area contributed by atoms with E-state index >= 15 is 0 Å². The van der Waals surface area contributed by atoms with Crippen molar-refractivity contribution < 1.29 is 0 Å². The van der Waals surface area contributed by atoms with Gasteiger partial charge >= 0.3 is 0 Å². The fourth-order valence-corrected chi connectivity index (χ4v) is 1.85. The first-order valence-electron chi connectivity index (χ1n) is 4.19. The van der Waals surface area contributed by atoms with Gasteiger partial charge in [0.2, 0.25) is 0 Å². The summed E-state index contributed by atoms with van der Waals surface area (Å²) in [5, 5.41) is 0. The molecule has 65 valence electrons. The second-order valence-electron chi connectivity index (χ2n) is 2.62. The molecule has 1 radical (unpaired) electrons. The summed E-state index contributed by atoms with van der Waals surface area (Å²) < 4.78 is 0. The third kappa shape index (κ3) is 3.77. The first kappa shape index (κ1) is 9.59. The predicted octanol–water partition coefficient (Wildman–Crippen LogP) is 2.93. The van der Waals surface area contributed by atoms with Crippen molar-refractivity contribution in [1.82, 2.24) is 4.98 Å². The topological polar surface area (TPSA) is 12.9 Å². The lowest BCUT2D eigenvalue weighted by atomic mass is 10.3. The van der Waals surface area contributed by atoms with Crippen molar-refractivity contribution in [2.75, 3.05) is 5.75 Å². The highest BCUT2D eigenvalue weighted by atomic mass is 32.2. The van der Waals surface area contributed by atoms with Crippen molar-refractivity contribution in [2.24, 2.45) is 0 Å². The molecule has 1 nitrogen and oxygen atoms in total. The molecule has 0 aliphatic rings. The van der Waals surface area contributed by atoms with Crippen molar-refractivity contribution in [3.8, 4) is 0 Å². The molecule has 0 amide bonds. The molecule has 0 N–H and O–H groups in total. The molecular formula is C10H14NS. The van der Waals surface area contributed by atoms with E-state index in [1.165, 1.54) is 17.7 Å². The van der Waals surface area contributed by atoms with Gasteiger partial charge in [-0.05, 0) is 29.9 Å². The standard InChI is InChI=1S/C10H14NS/c1-2-3-8-12-9-10-4-6-11-7-5-10/h4-7H,1-3,8-9H2. The van der Waals surface area contributed by atoms with E-state index in [0.717, 1.165) is 12.2 Å². The molecule has 1 aromatic heterocycles. The van der Waals surface area contributed by atoms with Gasteiger partial charge in [0.1, 0.15) is 0 Å². The largest absolute Gasteiger partial charge is 0.265 e. The molecule has 0 atom stereocenters. The van der Waals surface area contributed by atoms with Gasteiger partial charge in [-0.25, -0.2) is 0 Å². The Balaban J connectivity index is 2.16. The Morgan fingerprint density at radius 3 is 2.75 bits per heavy atom. The molecule has 0 bridgehead atoms. The molecule has 0 fully saturated rings. The molecule has 0 aromatic carbocycles. The molecule has 0 unspecified atom stereocenters. The number of hydrogen-bond donors (Lipinski definition) is 0. The zero-order valence-corrected chi connectivity index (χ0v) is 8.02. The Morgan fingerprint density at radius 1 is 1.33 bits per heavy atom. The summed E-state index contributed by atoms with van der Waals surface area (Å²) in [4.78, 5) is 3.97. The minimum atomic E-state index is 1.04. The highest BCUT2D eigenvalue weighted by Crippen LogP contribution is 2.12. The van der Waals surface area contributed by atoms with Crippen molar-refractivity contribution >= 4 is 11.8 Å². The van der Waals surface area contributed by atoms with Crippen LogP contribution in [-0.2, 0) is 5.75 Å². The maximum absolute atomic E-state index is 3.97. The van der Waals surface area contributed by atoms with Crippen LogP contribution in [0, 0.1) is 6.92 Å². The summed E-state index contributed by atoms with van der Waals surface area (Å²) in [6.07, 6.45) is 5.95. The molecule has 0 saturated carbocycles. The lowest BCUT2D eigenvalue weighted by molar-refractivity contribution is 0.968. The molecule has 1 aromatic rings. The summed E-state index contributed by atoms with van der Waals surface area (Å²) in [6, 6.07) is 4.13. The summed E-state index contributed by atoms with van der Waals surface area (Å²) in [5.41, 5.74) is 1.36. The number of hydrogen-bond acceptors (Lipinski definition) is 2. The van der Waals surface area contributed by atoms with Gasteiger partial charge in [0.25, 0.3) is 0 Å². The van der Waals surface area contributed by atoms with Gasteiger partial charge in [0.15, 0.2) is 0 Å². The lowest BCUT2D eigenvalue weighted by Gasteiger charge is -1.99. The predicted molar refractivity (Wildman–Crippen MR) is 55.0 cm³/mol. The molecule has 0 spiro atoms. The molecule has 1 rings (SSSR count). The Bertz CT molecular complexity index is 198. The maximum Gasteiger partial charge on any atom is 0.0270 e. The Labute approximate surface area is 78.6 Å². The highest BCUT2D eigenvalue weighted by molar-refractivity contribution is 7.98. The van der Waals surface area contributed by atoms with Crippen LogP contribution in [0.25, 0.3) is 0 Å². The minimum absolute atomic E-state index is 1.04. The monoisotopic (exact) mass is 180 g/mol. The maximum atomic E-state index is 3.97. The van der Waals surface area contributed by atoms with E-state index in [9.17, 15) is 0 Å².